The molecule has 1 aliphatic heterocycles. The number of H-pyrrole nitrogens is 1. The Labute approximate surface area is 125 Å². The highest BCUT2D eigenvalue weighted by Crippen LogP contribution is 2.30. The molecule has 2 aromatic heterocycles. The van der Waals surface area contributed by atoms with Crippen LogP contribution in [0.2, 0.25) is 0 Å². The molecule has 0 unspecified atom stereocenters. The number of ether oxygens (including phenoxy) is 1. The number of aliphatic hydroxyl groups excluding tert-OH is 2. The summed E-state index contributed by atoms with van der Waals surface area (Å²) in [6, 6.07) is 0. The smallest absolute Gasteiger partial charge is 0.280 e. The van der Waals surface area contributed by atoms with Gasteiger partial charge in [0.05, 0.1) is 19.0 Å². The van der Waals surface area contributed by atoms with Gasteiger partial charge >= 0.3 is 0 Å². The molecule has 9 nitrogen and oxygen atoms in total. The summed E-state index contributed by atoms with van der Waals surface area (Å²) in [5.74, 6) is 0.302. The number of nitrogens with one attached hydrogen (secondary N) is 2. The average Bonchev–Trinajstić information content (AvgIpc) is 3.08. The van der Waals surface area contributed by atoms with Crippen LogP contribution in [0.25, 0.3) is 11.2 Å². The third-order valence-electron chi connectivity index (χ3n) is 3.54. The summed E-state index contributed by atoms with van der Waals surface area (Å²) in [5, 5.41) is 21.9. The molecule has 0 aromatic carbocycles. The molecular formula is C13H17N5O4. The van der Waals surface area contributed by atoms with Gasteiger partial charge in [-0.3, -0.25) is 14.3 Å². The number of anilines is 1. The Bertz CT molecular complexity index is 740. The van der Waals surface area contributed by atoms with Crippen molar-refractivity contribution >= 4 is 17.1 Å². The van der Waals surface area contributed by atoms with Crippen LogP contribution in [0.4, 0.5) is 5.95 Å². The predicted octanol–water partition coefficient (Wildman–Crippen LogP) is -0.642. The summed E-state index contributed by atoms with van der Waals surface area (Å²) in [7, 11) is 0. The Kier molecular flexibility index (Phi) is 3.92. The second kappa shape index (κ2) is 5.87. The lowest BCUT2D eigenvalue weighted by atomic mass is 10.2. The predicted molar refractivity (Wildman–Crippen MR) is 78.5 cm³/mol. The van der Waals surface area contributed by atoms with E-state index in [9.17, 15) is 9.90 Å². The van der Waals surface area contributed by atoms with E-state index >= 15 is 0 Å². The number of hydrogen-bond acceptors (Lipinski definition) is 7. The van der Waals surface area contributed by atoms with Crippen molar-refractivity contribution in [2.24, 2.45) is 0 Å². The third kappa shape index (κ3) is 2.49. The first-order chi connectivity index (χ1) is 10.6. The number of aromatic nitrogens is 4. The zero-order valence-electron chi connectivity index (χ0n) is 11.8. The molecule has 1 saturated heterocycles. The largest absolute Gasteiger partial charge is 0.394 e. The molecular weight excluding hydrogens is 290 g/mol. The monoisotopic (exact) mass is 307 g/mol. The van der Waals surface area contributed by atoms with Gasteiger partial charge in [0.15, 0.2) is 11.2 Å². The molecule has 0 amide bonds. The van der Waals surface area contributed by atoms with Crippen molar-refractivity contribution in [1.82, 2.24) is 19.5 Å². The second-order valence-electron chi connectivity index (χ2n) is 5.02. The number of nitrogens with zero attached hydrogens (tertiary/aromatic N) is 3. The van der Waals surface area contributed by atoms with E-state index < -0.39 is 18.4 Å². The molecule has 0 saturated carbocycles. The van der Waals surface area contributed by atoms with Crippen LogP contribution in [0.3, 0.4) is 0 Å². The van der Waals surface area contributed by atoms with E-state index in [1.54, 1.807) is 10.6 Å². The van der Waals surface area contributed by atoms with Crippen LogP contribution in [0.15, 0.2) is 23.8 Å². The van der Waals surface area contributed by atoms with E-state index in [1.807, 2.05) is 0 Å². The molecule has 4 N–H and O–H groups in total. The first-order valence-corrected chi connectivity index (χ1v) is 6.90. The highest BCUT2D eigenvalue weighted by atomic mass is 16.5. The zero-order chi connectivity index (χ0) is 15.7. The molecule has 2 aromatic rings. The topological polar surface area (TPSA) is 125 Å². The highest BCUT2D eigenvalue weighted by molar-refractivity contribution is 5.70. The lowest BCUT2D eigenvalue weighted by molar-refractivity contribution is -0.0432. The maximum Gasteiger partial charge on any atom is 0.280 e. The van der Waals surface area contributed by atoms with Crippen molar-refractivity contribution < 1.29 is 14.9 Å². The molecule has 3 heterocycles. The lowest BCUT2D eigenvalue weighted by Crippen LogP contribution is -2.24. The molecule has 9 heteroatoms. The Morgan fingerprint density at radius 1 is 1.64 bits per heavy atom. The first-order valence-electron chi connectivity index (χ1n) is 6.90. The highest BCUT2D eigenvalue weighted by Gasteiger charge is 2.35. The number of fused-ring (bicyclic) bond motifs is 1. The van der Waals surface area contributed by atoms with Gasteiger partial charge in [0.1, 0.15) is 12.3 Å². The summed E-state index contributed by atoms with van der Waals surface area (Å²) in [6.07, 6.45) is 1.43. The van der Waals surface area contributed by atoms with E-state index in [1.165, 1.54) is 6.33 Å². The Balaban J connectivity index is 1.98. The minimum Gasteiger partial charge on any atom is -0.394 e. The Hall–Kier alpha value is -2.23. The van der Waals surface area contributed by atoms with Crippen LogP contribution < -0.4 is 10.9 Å². The standard InChI is InChI=1S/C13H17N5O4/c1-2-3-14-13-16-11-10(12(21)17-13)15-6-18(11)9-4-7(20)8(5-19)22-9/h2,6-9,19-20H,1,3-5H2,(H2,14,16,17,21)/t7-,8+,9+/m1/s1. The molecule has 3 atom stereocenters. The Morgan fingerprint density at radius 3 is 3.14 bits per heavy atom. The van der Waals surface area contributed by atoms with Gasteiger partial charge in [-0.2, -0.15) is 4.98 Å². The first kappa shape index (κ1) is 14.7. The summed E-state index contributed by atoms with van der Waals surface area (Å²) in [4.78, 5) is 23.0. The van der Waals surface area contributed by atoms with Crippen LogP contribution in [0.5, 0.6) is 0 Å². The maximum absolute atomic E-state index is 12.0. The van der Waals surface area contributed by atoms with E-state index in [-0.39, 0.29) is 17.7 Å². The minimum absolute atomic E-state index is 0.190. The van der Waals surface area contributed by atoms with Gasteiger partial charge < -0.3 is 20.3 Å². The molecule has 0 spiro atoms. The summed E-state index contributed by atoms with van der Waals surface area (Å²) >= 11 is 0. The fourth-order valence-corrected chi connectivity index (χ4v) is 2.44. The summed E-state index contributed by atoms with van der Waals surface area (Å²) in [5.41, 5.74) is 0.174. The third-order valence-corrected chi connectivity index (χ3v) is 3.54. The lowest BCUT2D eigenvalue weighted by Gasteiger charge is -2.13. The van der Waals surface area contributed by atoms with Crippen LogP contribution in [0.1, 0.15) is 12.6 Å². The normalized spacial score (nSPS) is 24.7. The quantitative estimate of drug-likeness (QED) is 0.541. The number of aromatic amines is 1. The summed E-state index contributed by atoms with van der Waals surface area (Å²) in [6.45, 7) is 3.76. The van der Waals surface area contributed by atoms with Crippen LogP contribution in [0, 0.1) is 0 Å². The molecule has 22 heavy (non-hydrogen) atoms. The fraction of sp³-hybridized carbons (Fsp3) is 0.462. The van der Waals surface area contributed by atoms with Crippen molar-refractivity contribution in [2.75, 3.05) is 18.5 Å². The van der Waals surface area contributed by atoms with Crippen molar-refractivity contribution in [3.05, 3.63) is 29.3 Å². The van der Waals surface area contributed by atoms with Gasteiger partial charge in [0.2, 0.25) is 5.95 Å². The van der Waals surface area contributed by atoms with Gasteiger partial charge in [0, 0.05) is 13.0 Å². The van der Waals surface area contributed by atoms with E-state index in [0.717, 1.165) is 0 Å². The van der Waals surface area contributed by atoms with Crippen molar-refractivity contribution in [1.29, 1.82) is 0 Å². The summed E-state index contributed by atoms with van der Waals surface area (Å²) < 4.78 is 7.16. The Morgan fingerprint density at radius 2 is 2.45 bits per heavy atom. The molecule has 0 bridgehead atoms. The average molecular weight is 307 g/mol. The van der Waals surface area contributed by atoms with Crippen LogP contribution in [-0.4, -0.2) is 55.1 Å². The van der Waals surface area contributed by atoms with Crippen molar-refractivity contribution in [3.63, 3.8) is 0 Å². The van der Waals surface area contributed by atoms with Crippen LogP contribution >= 0.6 is 0 Å². The van der Waals surface area contributed by atoms with Gasteiger partial charge in [-0.05, 0) is 0 Å². The van der Waals surface area contributed by atoms with Gasteiger partial charge in [-0.1, -0.05) is 6.08 Å². The van der Waals surface area contributed by atoms with Gasteiger partial charge in [-0.15, -0.1) is 6.58 Å². The SMILES string of the molecule is C=CCNc1nc2c(ncn2[C@@H]2C[C@@H](O)[C@H](CO)O2)c(=O)[nH]1. The molecule has 1 fully saturated rings. The number of aliphatic hydroxyl groups is 2. The van der Waals surface area contributed by atoms with E-state index in [4.69, 9.17) is 9.84 Å². The molecule has 3 rings (SSSR count). The van der Waals surface area contributed by atoms with Gasteiger partial charge in [0.25, 0.3) is 5.56 Å². The molecule has 0 radical (unpaired) electrons. The van der Waals surface area contributed by atoms with E-state index in [2.05, 4.69) is 26.8 Å². The van der Waals surface area contributed by atoms with Crippen LogP contribution in [-0.2, 0) is 4.74 Å². The number of imidazole rings is 1. The van der Waals surface area contributed by atoms with Gasteiger partial charge in [-0.25, -0.2) is 4.98 Å². The maximum atomic E-state index is 12.0. The van der Waals surface area contributed by atoms with Crippen molar-refractivity contribution in [2.45, 2.75) is 24.9 Å². The molecule has 0 aliphatic carbocycles. The number of rotatable bonds is 5. The minimum atomic E-state index is -0.771. The number of hydrogen-bond donors (Lipinski definition) is 4. The van der Waals surface area contributed by atoms with E-state index in [0.29, 0.717) is 24.6 Å². The zero-order valence-corrected chi connectivity index (χ0v) is 11.8. The second-order valence-corrected chi connectivity index (χ2v) is 5.02. The fourth-order valence-electron chi connectivity index (χ4n) is 2.44. The molecule has 1 aliphatic rings. The molecule has 118 valence electrons. The van der Waals surface area contributed by atoms with Crippen molar-refractivity contribution in [3.8, 4) is 0 Å².